The highest BCUT2D eigenvalue weighted by Gasteiger charge is 2.47. The lowest BCUT2D eigenvalue weighted by molar-refractivity contribution is 0.0394. The fourth-order valence-electron chi connectivity index (χ4n) is 3.52. The molecule has 0 atom stereocenters. The average molecular weight is 258 g/mol. The van der Waals surface area contributed by atoms with Crippen LogP contribution in [0.1, 0.15) is 49.5 Å². The van der Waals surface area contributed by atoms with Gasteiger partial charge in [0, 0.05) is 28.9 Å². The summed E-state index contributed by atoms with van der Waals surface area (Å²) in [5, 5.41) is 0. The van der Waals surface area contributed by atoms with Crippen molar-refractivity contribution in [1.29, 1.82) is 0 Å². The van der Waals surface area contributed by atoms with Crippen molar-refractivity contribution < 1.29 is 4.79 Å². The molecule has 3 rings (SSSR count). The number of carbonyl (C=O) groups excluding carboxylic acids is 1. The molecule has 102 valence electrons. The maximum atomic E-state index is 12.7. The maximum absolute atomic E-state index is 12.7. The Balaban J connectivity index is 1.81. The molecule has 1 aliphatic carbocycles. The van der Waals surface area contributed by atoms with Crippen LogP contribution < -0.4 is 0 Å². The first kappa shape index (κ1) is 12.8. The Morgan fingerprint density at radius 1 is 1.26 bits per heavy atom. The van der Waals surface area contributed by atoms with E-state index in [-0.39, 0.29) is 11.0 Å². The predicted octanol–water partition coefficient (Wildman–Crippen LogP) is 2.70. The highest BCUT2D eigenvalue weighted by atomic mass is 16.1. The topological polar surface area (TPSA) is 33.2 Å². The second-order valence-corrected chi connectivity index (χ2v) is 6.98. The lowest BCUT2D eigenvalue weighted by Gasteiger charge is -2.44. The van der Waals surface area contributed by atoms with Gasteiger partial charge in [0.2, 0.25) is 0 Å². The number of pyridine rings is 1. The molecule has 1 aromatic rings. The molecular formula is C16H22N2O. The SMILES string of the molecule is CC(C)(C)N1CCC2(CC1)Cc1ccncc1C2=O. The predicted molar refractivity (Wildman–Crippen MR) is 75.3 cm³/mol. The van der Waals surface area contributed by atoms with Crippen LogP contribution in [0.3, 0.4) is 0 Å². The van der Waals surface area contributed by atoms with Gasteiger partial charge >= 0.3 is 0 Å². The van der Waals surface area contributed by atoms with E-state index in [0.717, 1.165) is 37.9 Å². The smallest absolute Gasteiger partial charge is 0.171 e. The van der Waals surface area contributed by atoms with Crippen molar-refractivity contribution in [3.05, 3.63) is 29.6 Å². The first-order valence-corrected chi connectivity index (χ1v) is 7.15. The Morgan fingerprint density at radius 3 is 2.53 bits per heavy atom. The van der Waals surface area contributed by atoms with Crippen molar-refractivity contribution in [2.45, 2.75) is 45.6 Å². The molecule has 1 aliphatic heterocycles. The maximum Gasteiger partial charge on any atom is 0.171 e. The Bertz CT molecular complexity index is 508. The molecule has 0 N–H and O–H groups in total. The van der Waals surface area contributed by atoms with E-state index >= 15 is 0 Å². The van der Waals surface area contributed by atoms with E-state index in [9.17, 15) is 4.79 Å². The van der Waals surface area contributed by atoms with Crippen LogP contribution in [0.15, 0.2) is 18.5 Å². The monoisotopic (exact) mass is 258 g/mol. The number of hydrogen-bond donors (Lipinski definition) is 0. The van der Waals surface area contributed by atoms with Crippen LogP contribution >= 0.6 is 0 Å². The van der Waals surface area contributed by atoms with Gasteiger partial charge < -0.3 is 0 Å². The number of carbonyl (C=O) groups is 1. The van der Waals surface area contributed by atoms with E-state index in [1.165, 1.54) is 5.56 Å². The Labute approximate surface area is 115 Å². The lowest BCUT2D eigenvalue weighted by Crippen LogP contribution is -2.50. The number of aromatic nitrogens is 1. The zero-order valence-corrected chi connectivity index (χ0v) is 12.1. The van der Waals surface area contributed by atoms with Crippen LogP contribution in [-0.4, -0.2) is 34.3 Å². The van der Waals surface area contributed by atoms with Crippen molar-refractivity contribution in [3.8, 4) is 0 Å². The summed E-state index contributed by atoms with van der Waals surface area (Å²) in [5.74, 6) is 0.337. The summed E-state index contributed by atoms with van der Waals surface area (Å²) in [5.41, 5.74) is 2.14. The van der Waals surface area contributed by atoms with E-state index in [1.54, 1.807) is 12.4 Å². The first-order chi connectivity index (χ1) is 8.92. The van der Waals surface area contributed by atoms with E-state index in [0.29, 0.717) is 5.78 Å². The van der Waals surface area contributed by atoms with Crippen molar-refractivity contribution in [1.82, 2.24) is 9.88 Å². The molecule has 2 aliphatic rings. The third-order valence-electron chi connectivity index (χ3n) is 4.84. The highest BCUT2D eigenvalue weighted by molar-refractivity contribution is 6.04. The van der Waals surface area contributed by atoms with Crippen LogP contribution in [0, 0.1) is 5.41 Å². The van der Waals surface area contributed by atoms with Gasteiger partial charge in [-0.25, -0.2) is 0 Å². The summed E-state index contributed by atoms with van der Waals surface area (Å²) in [6.07, 6.45) is 6.44. The van der Waals surface area contributed by atoms with Crippen molar-refractivity contribution >= 4 is 5.78 Å². The minimum atomic E-state index is -0.132. The Hall–Kier alpha value is -1.22. The summed E-state index contributed by atoms with van der Waals surface area (Å²) in [6, 6.07) is 2.01. The number of fused-ring (bicyclic) bond motifs is 1. The molecule has 2 heterocycles. The summed E-state index contributed by atoms with van der Waals surface area (Å²) in [4.78, 5) is 19.3. The summed E-state index contributed by atoms with van der Waals surface area (Å²) in [7, 11) is 0. The van der Waals surface area contributed by atoms with Gasteiger partial charge in [0.1, 0.15) is 0 Å². The van der Waals surface area contributed by atoms with Gasteiger partial charge in [-0.2, -0.15) is 0 Å². The van der Waals surface area contributed by atoms with Gasteiger partial charge in [0.25, 0.3) is 0 Å². The molecule has 0 unspecified atom stereocenters. The van der Waals surface area contributed by atoms with E-state index in [2.05, 4.69) is 30.7 Å². The number of likely N-dealkylation sites (tertiary alicyclic amines) is 1. The molecule has 0 saturated carbocycles. The fraction of sp³-hybridized carbons (Fsp3) is 0.625. The molecule has 0 bridgehead atoms. The molecule has 19 heavy (non-hydrogen) atoms. The van der Waals surface area contributed by atoms with Gasteiger partial charge in [-0.15, -0.1) is 0 Å². The zero-order valence-electron chi connectivity index (χ0n) is 12.1. The van der Waals surface area contributed by atoms with Crippen LogP contribution in [0.2, 0.25) is 0 Å². The fourth-order valence-corrected chi connectivity index (χ4v) is 3.52. The van der Waals surface area contributed by atoms with Crippen molar-refractivity contribution in [3.63, 3.8) is 0 Å². The average Bonchev–Trinajstić information content (AvgIpc) is 2.63. The van der Waals surface area contributed by atoms with Crippen LogP contribution in [0.25, 0.3) is 0 Å². The third-order valence-corrected chi connectivity index (χ3v) is 4.84. The van der Waals surface area contributed by atoms with E-state index in [1.807, 2.05) is 6.07 Å². The second kappa shape index (κ2) is 4.14. The first-order valence-electron chi connectivity index (χ1n) is 7.15. The van der Waals surface area contributed by atoms with E-state index < -0.39 is 0 Å². The number of Topliss-reactive ketones (excluding diaryl/α,β-unsaturated/α-hetero) is 1. The Kier molecular flexibility index (Phi) is 2.79. The molecule has 0 aromatic carbocycles. The normalized spacial score (nSPS) is 22.8. The molecule has 0 amide bonds. The molecule has 3 heteroatoms. The largest absolute Gasteiger partial charge is 0.298 e. The van der Waals surface area contributed by atoms with Gasteiger partial charge in [0.15, 0.2) is 5.78 Å². The van der Waals surface area contributed by atoms with Gasteiger partial charge in [-0.05, 0) is 64.8 Å². The molecule has 1 fully saturated rings. The Morgan fingerprint density at radius 2 is 1.95 bits per heavy atom. The number of piperidine rings is 1. The number of ketones is 1. The van der Waals surface area contributed by atoms with Crippen LogP contribution in [0.4, 0.5) is 0 Å². The molecule has 1 spiro atoms. The van der Waals surface area contributed by atoms with E-state index in [4.69, 9.17) is 0 Å². The van der Waals surface area contributed by atoms with Crippen LogP contribution in [0.5, 0.6) is 0 Å². The quantitative estimate of drug-likeness (QED) is 0.717. The molecular weight excluding hydrogens is 236 g/mol. The van der Waals surface area contributed by atoms with Crippen molar-refractivity contribution in [2.75, 3.05) is 13.1 Å². The molecule has 0 radical (unpaired) electrons. The summed E-state index contributed by atoms with van der Waals surface area (Å²) >= 11 is 0. The minimum Gasteiger partial charge on any atom is -0.298 e. The van der Waals surface area contributed by atoms with Crippen molar-refractivity contribution in [2.24, 2.45) is 5.41 Å². The van der Waals surface area contributed by atoms with Gasteiger partial charge in [-0.3, -0.25) is 14.7 Å². The lowest BCUT2D eigenvalue weighted by atomic mass is 9.74. The standard InChI is InChI=1S/C16H22N2O/c1-15(2,3)18-8-5-16(6-9-18)10-12-4-7-17-11-13(12)14(16)19/h4,7,11H,5-6,8-10H2,1-3H3. The molecule has 1 saturated heterocycles. The minimum absolute atomic E-state index is 0.132. The summed E-state index contributed by atoms with van der Waals surface area (Å²) in [6.45, 7) is 8.80. The number of rotatable bonds is 0. The number of nitrogens with zero attached hydrogens (tertiary/aromatic N) is 2. The third kappa shape index (κ3) is 2.00. The van der Waals surface area contributed by atoms with Crippen LogP contribution in [-0.2, 0) is 6.42 Å². The number of hydrogen-bond acceptors (Lipinski definition) is 3. The highest BCUT2D eigenvalue weighted by Crippen LogP contribution is 2.45. The molecule has 1 aromatic heterocycles. The van der Waals surface area contributed by atoms with Gasteiger partial charge in [-0.1, -0.05) is 0 Å². The van der Waals surface area contributed by atoms with Gasteiger partial charge in [0.05, 0.1) is 0 Å². The zero-order chi connectivity index (χ0) is 13.7. The summed E-state index contributed by atoms with van der Waals surface area (Å²) < 4.78 is 0. The second-order valence-electron chi connectivity index (χ2n) is 6.98. The molecule has 3 nitrogen and oxygen atoms in total.